The average Bonchev–Trinajstić information content (AvgIpc) is 2.49. The summed E-state index contributed by atoms with van der Waals surface area (Å²) in [6, 6.07) is 12.5. The lowest BCUT2D eigenvalue weighted by Crippen LogP contribution is -2.04. The number of carbonyl (C=O) groups is 2. The first-order chi connectivity index (χ1) is 10.4. The summed E-state index contributed by atoms with van der Waals surface area (Å²) in [4.78, 5) is 21.4. The first-order valence-corrected chi connectivity index (χ1v) is 6.37. The normalized spacial score (nSPS) is 9.18. The third-order valence-corrected chi connectivity index (χ3v) is 2.50. The number of benzene rings is 2. The molecule has 0 aliphatic carbocycles. The monoisotopic (exact) mass is 303 g/mol. The van der Waals surface area contributed by atoms with Crippen molar-refractivity contribution in [3.8, 4) is 11.5 Å². The van der Waals surface area contributed by atoms with E-state index < -0.39 is 5.97 Å². The summed E-state index contributed by atoms with van der Waals surface area (Å²) in [6.07, 6.45) is 0. The molecule has 0 bridgehead atoms. The van der Waals surface area contributed by atoms with Crippen LogP contribution in [0.3, 0.4) is 0 Å². The fourth-order valence-corrected chi connectivity index (χ4v) is 1.50. The zero-order valence-electron chi connectivity index (χ0n) is 12.2. The molecule has 0 aliphatic rings. The topological polar surface area (TPSA) is 95.9 Å². The van der Waals surface area contributed by atoms with Gasteiger partial charge in [0.1, 0.15) is 17.1 Å². The highest BCUT2D eigenvalue weighted by atomic mass is 16.5. The number of methoxy groups -OCH3 is 1. The zero-order chi connectivity index (χ0) is 16.5. The van der Waals surface area contributed by atoms with E-state index in [1.54, 1.807) is 24.3 Å². The maximum Gasteiger partial charge on any atom is 0.341 e. The van der Waals surface area contributed by atoms with E-state index in [9.17, 15) is 9.59 Å². The molecular weight excluding hydrogens is 286 g/mol. The van der Waals surface area contributed by atoms with Gasteiger partial charge in [-0.2, -0.15) is 0 Å². The number of phenolic OH excluding ortho intramolecular Hbond substituents is 2. The SMILES string of the molecule is CC(=O)Nc1ccc(O)cc1.COC(=O)c1ccccc1O. The van der Waals surface area contributed by atoms with E-state index in [-0.39, 0.29) is 23.0 Å². The highest BCUT2D eigenvalue weighted by molar-refractivity contribution is 5.92. The maximum absolute atomic E-state index is 10.9. The minimum Gasteiger partial charge on any atom is -0.508 e. The molecule has 2 aromatic rings. The molecule has 0 spiro atoms. The van der Waals surface area contributed by atoms with Crippen LogP contribution in [0.5, 0.6) is 11.5 Å². The number of anilines is 1. The molecular formula is C16H17NO5. The Hall–Kier alpha value is -3.02. The summed E-state index contributed by atoms with van der Waals surface area (Å²) >= 11 is 0. The number of carbonyl (C=O) groups excluding carboxylic acids is 2. The summed E-state index contributed by atoms with van der Waals surface area (Å²) in [5, 5.41) is 20.6. The van der Waals surface area contributed by atoms with E-state index in [1.165, 1.54) is 38.3 Å². The van der Waals surface area contributed by atoms with Crippen LogP contribution in [0.15, 0.2) is 48.5 Å². The minimum atomic E-state index is -0.525. The summed E-state index contributed by atoms with van der Waals surface area (Å²) in [6.45, 7) is 1.44. The molecule has 0 atom stereocenters. The Labute approximate surface area is 128 Å². The number of phenols is 2. The Morgan fingerprint density at radius 3 is 2.09 bits per heavy atom. The van der Waals surface area contributed by atoms with Gasteiger partial charge in [-0.3, -0.25) is 4.79 Å². The Morgan fingerprint density at radius 2 is 1.59 bits per heavy atom. The predicted octanol–water partition coefficient (Wildman–Crippen LogP) is 2.53. The van der Waals surface area contributed by atoms with Gasteiger partial charge in [-0.25, -0.2) is 4.79 Å². The third-order valence-electron chi connectivity index (χ3n) is 2.50. The number of para-hydroxylation sites is 1. The van der Waals surface area contributed by atoms with Gasteiger partial charge in [-0.15, -0.1) is 0 Å². The van der Waals surface area contributed by atoms with Crippen molar-refractivity contribution in [2.45, 2.75) is 6.92 Å². The lowest BCUT2D eigenvalue weighted by atomic mass is 10.2. The lowest BCUT2D eigenvalue weighted by Gasteiger charge is -1.99. The molecule has 6 heteroatoms. The van der Waals surface area contributed by atoms with E-state index in [1.807, 2.05) is 0 Å². The second kappa shape index (κ2) is 8.31. The van der Waals surface area contributed by atoms with E-state index in [2.05, 4.69) is 10.1 Å². The van der Waals surface area contributed by atoms with Gasteiger partial charge in [0.25, 0.3) is 0 Å². The molecule has 0 aliphatic heterocycles. The first-order valence-electron chi connectivity index (χ1n) is 6.37. The first kappa shape index (κ1) is 17.0. The summed E-state index contributed by atoms with van der Waals surface area (Å²) in [7, 11) is 1.27. The lowest BCUT2D eigenvalue weighted by molar-refractivity contribution is -0.114. The number of ether oxygens (including phenoxy) is 1. The Bertz CT molecular complexity index is 637. The molecule has 2 aromatic carbocycles. The molecule has 0 fully saturated rings. The van der Waals surface area contributed by atoms with Crippen LogP contribution in [-0.4, -0.2) is 29.2 Å². The number of rotatable bonds is 2. The number of amides is 1. The van der Waals surface area contributed by atoms with E-state index in [4.69, 9.17) is 10.2 Å². The van der Waals surface area contributed by atoms with Crippen LogP contribution in [-0.2, 0) is 9.53 Å². The molecule has 0 saturated carbocycles. The van der Waals surface area contributed by atoms with Crippen molar-refractivity contribution in [1.82, 2.24) is 0 Å². The molecule has 22 heavy (non-hydrogen) atoms. The van der Waals surface area contributed by atoms with Crippen LogP contribution in [0.4, 0.5) is 5.69 Å². The van der Waals surface area contributed by atoms with Gasteiger partial charge in [-0.1, -0.05) is 12.1 Å². The van der Waals surface area contributed by atoms with Crippen molar-refractivity contribution < 1.29 is 24.5 Å². The number of esters is 1. The van der Waals surface area contributed by atoms with E-state index >= 15 is 0 Å². The van der Waals surface area contributed by atoms with Crippen molar-refractivity contribution >= 4 is 17.6 Å². The molecule has 3 N–H and O–H groups in total. The number of hydrogen-bond donors (Lipinski definition) is 3. The van der Waals surface area contributed by atoms with Crippen molar-refractivity contribution in [1.29, 1.82) is 0 Å². The fraction of sp³-hybridized carbons (Fsp3) is 0.125. The Balaban J connectivity index is 0.000000220. The Kier molecular flexibility index (Phi) is 6.43. The van der Waals surface area contributed by atoms with Crippen molar-refractivity contribution in [2.75, 3.05) is 12.4 Å². The minimum absolute atomic E-state index is 0.0562. The van der Waals surface area contributed by atoms with Crippen LogP contribution in [0.25, 0.3) is 0 Å². The Morgan fingerprint density at radius 1 is 1.00 bits per heavy atom. The zero-order valence-corrected chi connectivity index (χ0v) is 12.2. The largest absolute Gasteiger partial charge is 0.508 e. The number of hydrogen-bond acceptors (Lipinski definition) is 5. The molecule has 0 radical (unpaired) electrons. The van der Waals surface area contributed by atoms with Crippen molar-refractivity contribution in [3.05, 3.63) is 54.1 Å². The van der Waals surface area contributed by atoms with Crippen LogP contribution in [0.1, 0.15) is 17.3 Å². The van der Waals surface area contributed by atoms with Crippen LogP contribution in [0, 0.1) is 0 Å². The summed E-state index contributed by atoms with van der Waals surface area (Å²) in [5.41, 5.74) is 0.880. The van der Waals surface area contributed by atoms with Gasteiger partial charge >= 0.3 is 5.97 Å². The molecule has 0 aromatic heterocycles. The standard InChI is InChI=1S/C8H9NO2.C8H8O3/c1-6(10)9-7-2-4-8(11)5-3-7;1-11-8(10)6-4-2-3-5-7(6)9/h2-5,11H,1H3,(H,9,10);2-5,9H,1H3. The summed E-state index contributed by atoms with van der Waals surface area (Å²) < 4.78 is 4.42. The van der Waals surface area contributed by atoms with Crippen LogP contribution < -0.4 is 5.32 Å². The second-order valence-electron chi connectivity index (χ2n) is 4.24. The van der Waals surface area contributed by atoms with Crippen LogP contribution in [0.2, 0.25) is 0 Å². The maximum atomic E-state index is 10.9. The van der Waals surface area contributed by atoms with Gasteiger partial charge in [0.15, 0.2) is 0 Å². The molecule has 2 rings (SSSR count). The predicted molar refractivity (Wildman–Crippen MR) is 81.9 cm³/mol. The van der Waals surface area contributed by atoms with E-state index in [0.29, 0.717) is 5.69 Å². The number of nitrogens with one attached hydrogen (secondary N) is 1. The molecule has 116 valence electrons. The molecule has 6 nitrogen and oxygen atoms in total. The average molecular weight is 303 g/mol. The van der Waals surface area contributed by atoms with Gasteiger partial charge in [0.05, 0.1) is 7.11 Å². The highest BCUT2D eigenvalue weighted by Crippen LogP contribution is 2.15. The van der Waals surface area contributed by atoms with Crippen molar-refractivity contribution in [3.63, 3.8) is 0 Å². The quantitative estimate of drug-likeness (QED) is 0.585. The second-order valence-corrected chi connectivity index (χ2v) is 4.24. The van der Waals surface area contributed by atoms with E-state index in [0.717, 1.165) is 0 Å². The molecule has 1 amide bonds. The van der Waals surface area contributed by atoms with Gasteiger partial charge in [0.2, 0.25) is 5.91 Å². The van der Waals surface area contributed by atoms with Gasteiger partial charge in [0, 0.05) is 12.6 Å². The third kappa shape index (κ3) is 5.54. The molecule has 0 saturated heterocycles. The van der Waals surface area contributed by atoms with Gasteiger partial charge in [-0.05, 0) is 36.4 Å². The smallest absolute Gasteiger partial charge is 0.341 e. The summed E-state index contributed by atoms with van der Waals surface area (Å²) in [5.74, 6) is -0.503. The van der Waals surface area contributed by atoms with Crippen molar-refractivity contribution in [2.24, 2.45) is 0 Å². The number of aromatic hydroxyl groups is 2. The molecule has 0 heterocycles. The van der Waals surface area contributed by atoms with Crippen LogP contribution >= 0.6 is 0 Å². The fourth-order valence-electron chi connectivity index (χ4n) is 1.50. The highest BCUT2D eigenvalue weighted by Gasteiger charge is 2.08. The van der Waals surface area contributed by atoms with Gasteiger partial charge < -0.3 is 20.3 Å². The molecule has 0 unspecified atom stereocenters.